The predicted octanol–water partition coefficient (Wildman–Crippen LogP) is 3.26. The van der Waals surface area contributed by atoms with Crippen molar-refractivity contribution in [2.45, 2.75) is 37.8 Å². The molecule has 2 aliphatic heterocycles. The topological polar surface area (TPSA) is 43.8 Å². The predicted molar refractivity (Wildman–Crippen MR) is 107 cm³/mol. The Morgan fingerprint density at radius 2 is 1.64 bits per heavy atom. The van der Waals surface area contributed by atoms with E-state index in [-0.39, 0.29) is 36.3 Å². The summed E-state index contributed by atoms with van der Waals surface area (Å²) in [5.74, 6) is 0.104. The standard InChI is InChI=1S/C23H27FN2O2/c1-16(28)25-12-2-3-13-26-21(14-25)23(22(26)15-27)19-6-4-17(5-7-19)18-8-10-20(24)11-9-18/h4-11,21-23,27H,2-3,12-15H2,1H3/t21-,22-,23-/m0/s1. The van der Waals surface area contributed by atoms with Gasteiger partial charge in [0, 0.05) is 38.0 Å². The van der Waals surface area contributed by atoms with Gasteiger partial charge in [-0.2, -0.15) is 0 Å². The van der Waals surface area contributed by atoms with Crippen LogP contribution in [0.3, 0.4) is 0 Å². The van der Waals surface area contributed by atoms with Crippen LogP contribution in [0.2, 0.25) is 0 Å². The summed E-state index contributed by atoms with van der Waals surface area (Å²) in [6.07, 6.45) is 2.06. The van der Waals surface area contributed by atoms with Crippen molar-refractivity contribution in [3.63, 3.8) is 0 Å². The molecule has 5 heteroatoms. The minimum Gasteiger partial charge on any atom is -0.395 e. The van der Waals surface area contributed by atoms with Crippen LogP contribution < -0.4 is 0 Å². The molecule has 0 spiro atoms. The molecule has 2 aliphatic rings. The van der Waals surface area contributed by atoms with E-state index >= 15 is 0 Å². The number of benzene rings is 2. The molecule has 3 atom stereocenters. The highest BCUT2D eigenvalue weighted by Crippen LogP contribution is 2.42. The van der Waals surface area contributed by atoms with E-state index in [1.165, 1.54) is 17.7 Å². The highest BCUT2D eigenvalue weighted by Gasteiger charge is 2.49. The Labute approximate surface area is 165 Å². The molecule has 0 aliphatic carbocycles. The summed E-state index contributed by atoms with van der Waals surface area (Å²) in [7, 11) is 0. The van der Waals surface area contributed by atoms with Crippen LogP contribution >= 0.6 is 0 Å². The van der Waals surface area contributed by atoms with Crippen molar-refractivity contribution in [3.8, 4) is 11.1 Å². The number of halogens is 1. The van der Waals surface area contributed by atoms with Gasteiger partial charge in [0.2, 0.25) is 5.91 Å². The molecule has 2 heterocycles. The maximum Gasteiger partial charge on any atom is 0.219 e. The fourth-order valence-electron chi connectivity index (χ4n) is 4.77. The summed E-state index contributed by atoms with van der Waals surface area (Å²) in [6.45, 7) is 4.28. The molecule has 0 bridgehead atoms. The zero-order valence-corrected chi connectivity index (χ0v) is 16.2. The average molecular weight is 382 g/mol. The molecule has 2 aromatic carbocycles. The van der Waals surface area contributed by atoms with E-state index in [2.05, 4.69) is 29.2 Å². The van der Waals surface area contributed by atoms with Crippen molar-refractivity contribution in [2.24, 2.45) is 0 Å². The fraction of sp³-hybridized carbons (Fsp3) is 0.435. The van der Waals surface area contributed by atoms with E-state index in [4.69, 9.17) is 0 Å². The number of aliphatic hydroxyl groups is 1. The summed E-state index contributed by atoms with van der Waals surface area (Å²) in [5.41, 5.74) is 3.22. The van der Waals surface area contributed by atoms with Gasteiger partial charge in [-0.25, -0.2) is 4.39 Å². The first-order chi connectivity index (χ1) is 13.6. The number of amides is 1. The van der Waals surface area contributed by atoms with Crippen LogP contribution in [0.25, 0.3) is 11.1 Å². The Kier molecular flexibility index (Phi) is 5.47. The highest BCUT2D eigenvalue weighted by molar-refractivity contribution is 5.73. The molecule has 1 N–H and O–H groups in total. The second kappa shape index (κ2) is 8.02. The van der Waals surface area contributed by atoms with Crippen LogP contribution in [0.15, 0.2) is 48.5 Å². The molecule has 4 rings (SSSR count). The van der Waals surface area contributed by atoms with E-state index in [1.807, 2.05) is 4.90 Å². The van der Waals surface area contributed by atoms with Gasteiger partial charge in [0.1, 0.15) is 5.82 Å². The summed E-state index contributed by atoms with van der Waals surface area (Å²) in [6, 6.07) is 15.2. The van der Waals surface area contributed by atoms with Crippen LogP contribution in [-0.2, 0) is 4.79 Å². The lowest BCUT2D eigenvalue weighted by Crippen LogP contribution is -2.67. The average Bonchev–Trinajstić information content (AvgIpc) is 2.67. The van der Waals surface area contributed by atoms with Crippen LogP contribution in [-0.4, -0.2) is 59.1 Å². The lowest BCUT2D eigenvalue weighted by Gasteiger charge is -2.57. The number of carbonyl (C=O) groups excluding carboxylic acids is 1. The summed E-state index contributed by atoms with van der Waals surface area (Å²) >= 11 is 0. The van der Waals surface area contributed by atoms with Crippen molar-refractivity contribution >= 4 is 5.91 Å². The van der Waals surface area contributed by atoms with Crippen LogP contribution in [0, 0.1) is 5.82 Å². The highest BCUT2D eigenvalue weighted by atomic mass is 19.1. The van der Waals surface area contributed by atoms with E-state index in [1.54, 1.807) is 19.1 Å². The lowest BCUT2D eigenvalue weighted by molar-refractivity contribution is -0.134. The molecular formula is C23H27FN2O2. The van der Waals surface area contributed by atoms with Crippen LogP contribution in [0.5, 0.6) is 0 Å². The zero-order valence-electron chi connectivity index (χ0n) is 16.2. The Hall–Kier alpha value is -2.24. The van der Waals surface area contributed by atoms with E-state index in [0.29, 0.717) is 0 Å². The van der Waals surface area contributed by atoms with Crippen molar-refractivity contribution in [2.75, 3.05) is 26.2 Å². The fourth-order valence-corrected chi connectivity index (χ4v) is 4.77. The van der Waals surface area contributed by atoms with Crippen molar-refractivity contribution < 1.29 is 14.3 Å². The molecule has 0 saturated carbocycles. The molecule has 28 heavy (non-hydrogen) atoms. The van der Waals surface area contributed by atoms with Gasteiger partial charge in [-0.15, -0.1) is 0 Å². The van der Waals surface area contributed by atoms with Gasteiger partial charge in [-0.3, -0.25) is 9.69 Å². The molecule has 1 amide bonds. The third-order valence-electron chi connectivity index (χ3n) is 6.29. The first-order valence-corrected chi connectivity index (χ1v) is 10.1. The Morgan fingerprint density at radius 3 is 2.25 bits per heavy atom. The second-order valence-corrected chi connectivity index (χ2v) is 7.88. The smallest absolute Gasteiger partial charge is 0.219 e. The molecule has 4 nitrogen and oxygen atoms in total. The molecule has 148 valence electrons. The zero-order chi connectivity index (χ0) is 19.7. The Bertz CT molecular complexity index is 822. The largest absolute Gasteiger partial charge is 0.395 e. The first-order valence-electron chi connectivity index (χ1n) is 10.1. The van der Waals surface area contributed by atoms with Crippen LogP contribution in [0.4, 0.5) is 4.39 Å². The number of aliphatic hydroxyl groups excluding tert-OH is 1. The van der Waals surface area contributed by atoms with E-state index < -0.39 is 0 Å². The molecule has 2 fully saturated rings. The summed E-state index contributed by atoms with van der Waals surface area (Å²) in [4.78, 5) is 16.3. The van der Waals surface area contributed by atoms with E-state index in [0.717, 1.165) is 43.6 Å². The van der Waals surface area contributed by atoms with Gasteiger partial charge in [0.25, 0.3) is 0 Å². The maximum atomic E-state index is 13.2. The van der Waals surface area contributed by atoms with E-state index in [9.17, 15) is 14.3 Å². The van der Waals surface area contributed by atoms with Gasteiger partial charge in [0.05, 0.1) is 6.61 Å². The Morgan fingerprint density at radius 1 is 1.04 bits per heavy atom. The number of nitrogens with zero attached hydrogens (tertiary/aromatic N) is 2. The molecule has 0 aromatic heterocycles. The number of fused-ring (bicyclic) bond motifs is 1. The SMILES string of the molecule is CC(=O)N1CCCCN2[C@@H](CO)[C@@H](c3ccc(-c4ccc(F)cc4)cc3)[C@@H]2C1. The summed E-state index contributed by atoms with van der Waals surface area (Å²) < 4.78 is 13.2. The second-order valence-electron chi connectivity index (χ2n) is 7.88. The molecule has 2 saturated heterocycles. The quantitative estimate of drug-likeness (QED) is 0.886. The minimum absolute atomic E-state index is 0.105. The monoisotopic (exact) mass is 382 g/mol. The van der Waals surface area contributed by atoms with Gasteiger partial charge in [-0.1, -0.05) is 36.4 Å². The first kappa shape index (κ1) is 19.1. The lowest BCUT2D eigenvalue weighted by atomic mass is 9.74. The third-order valence-corrected chi connectivity index (χ3v) is 6.29. The number of hydrogen-bond acceptors (Lipinski definition) is 3. The number of carbonyl (C=O) groups is 1. The van der Waals surface area contributed by atoms with Crippen molar-refractivity contribution in [3.05, 3.63) is 59.9 Å². The Balaban J connectivity index is 1.57. The van der Waals surface area contributed by atoms with Gasteiger partial charge in [-0.05, 0) is 48.2 Å². The van der Waals surface area contributed by atoms with Crippen molar-refractivity contribution in [1.29, 1.82) is 0 Å². The van der Waals surface area contributed by atoms with Gasteiger partial charge < -0.3 is 10.0 Å². The molecule has 0 unspecified atom stereocenters. The molecule has 0 radical (unpaired) electrons. The normalized spacial score (nSPS) is 25.4. The minimum atomic E-state index is -0.236. The number of rotatable bonds is 3. The number of hydrogen-bond donors (Lipinski definition) is 1. The summed E-state index contributed by atoms with van der Waals surface area (Å²) in [5, 5.41) is 9.99. The molecular weight excluding hydrogens is 355 g/mol. The third kappa shape index (κ3) is 3.56. The van der Waals surface area contributed by atoms with Gasteiger partial charge >= 0.3 is 0 Å². The van der Waals surface area contributed by atoms with Gasteiger partial charge in [0.15, 0.2) is 0 Å². The maximum absolute atomic E-state index is 13.2. The molecule has 2 aromatic rings. The van der Waals surface area contributed by atoms with Crippen LogP contribution in [0.1, 0.15) is 31.2 Å². The van der Waals surface area contributed by atoms with Crippen molar-refractivity contribution in [1.82, 2.24) is 9.80 Å².